The standard InChI is InChI=1S/C12H19O3P/c1-3-14-12(15-4-2)16(13)10-11-8-6-5-7-9-11/h5-9,12,16H,3-4,10H2,1-2H3. The third-order valence-corrected chi connectivity index (χ3v) is 3.74. The predicted octanol–water partition coefficient (Wildman–Crippen LogP) is 3.10. The van der Waals surface area contributed by atoms with Gasteiger partial charge in [-0.2, -0.15) is 0 Å². The summed E-state index contributed by atoms with van der Waals surface area (Å²) in [5.74, 6) is 0. The van der Waals surface area contributed by atoms with Gasteiger partial charge >= 0.3 is 0 Å². The van der Waals surface area contributed by atoms with Gasteiger partial charge in [0.15, 0.2) is 0 Å². The lowest BCUT2D eigenvalue weighted by atomic mass is 10.2. The van der Waals surface area contributed by atoms with Crippen molar-refractivity contribution >= 4 is 7.80 Å². The van der Waals surface area contributed by atoms with Crippen LogP contribution in [0.25, 0.3) is 0 Å². The summed E-state index contributed by atoms with van der Waals surface area (Å²) in [5.41, 5.74) is 1.07. The van der Waals surface area contributed by atoms with E-state index >= 15 is 0 Å². The largest absolute Gasteiger partial charge is 0.347 e. The van der Waals surface area contributed by atoms with Crippen molar-refractivity contribution in [3.05, 3.63) is 35.9 Å². The monoisotopic (exact) mass is 242 g/mol. The van der Waals surface area contributed by atoms with Crippen molar-refractivity contribution in [2.45, 2.75) is 26.0 Å². The summed E-state index contributed by atoms with van der Waals surface area (Å²) >= 11 is 0. The maximum atomic E-state index is 12.0. The van der Waals surface area contributed by atoms with E-state index in [9.17, 15) is 4.57 Å². The molecule has 0 saturated carbocycles. The fraction of sp³-hybridized carbons (Fsp3) is 0.500. The van der Waals surface area contributed by atoms with Gasteiger partial charge in [-0.05, 0) is 19.4 Å². The van der Waals surface area contributed by atoms with Gasteiger partial charge in [0.05, 0.1) is 0 Å². The molecule has 3 nitrogen and oxygen atoms in total. The zero-order valence-electron chi connectivity index (χ0n) is 9.81. The fourth-order valence-corrected chi connectivity index (χ4v) is 2.93. The SMILES string of the molecule is CCOC(OCC)[PH](=O)Cc1ccccc1. The highest BCUT2D eigenvalue weighted by Crippen LogP contribution is 2.34. The smallest absolute Gasteiger partial charge is 0.208 e. The minimum absolute atomic E-state index is 0.524. The first-order valence-electron chi connectivity index (χ1n) is 5.57. The summed E-state index contributed by atoms with van der Waals surface area (Å²) in [6.45, 7) is 4.80. The molecule has 1 atom stereocenters. The average molecular weight is 242 g/mol. The van der Waals surface area contributed by atoms with Crippen molar-refractivity contribution in [2.75, 3.05) is 13.2 Å². The van der Waals surface area contributed by atoms with Crippen LogP contribution >= 0.6 is 7.80 Å². The van der Waals surface area contributed by atoms with Crippen LogP contribution in [-0.4, -0.2) is 19.2 Å². The van der Waals surface area contributed by atoms with Gasteiger partial charge in [-0.15, -0.1) is 0 Å². The topological polar surface area (TPSA) is 35.5 Å². The van der Waals surface area contributed by atoms with Gasteiger partial charge in [-0.25, -0.2) is 0 Å². The van der Waals surface area contributed by atoms with Crippen molar-refractivity contribution in [3.8, 4) is 0 Å². The average Bonchev–Trinajstić information content (AvgIpc) is 2.30. The zero-order valence-corrected chi connectivity index (χ0v) is 10.8. The Labute approximate surface area is 97.6 Å². The molecule has 1 aromatic carbocycles. The summed E-state index contributed by atoms with van der Waals surface area (Å²) in [4.78, 5) is 0. The van der Waals surface area contributed by atoms with Crippen LogP contribution in [0.5, 0.6) is 0 Å². The summed E-state index contributed by atoms with van der Waals surface area (Å²) in [7, 11) is -1.90. The Morgan fingerprint density at radius 2 is 1.69 bits per heavy atom. The molecule has 0 aliphatic rings. The second-order valence-corrected chi connectivity index (χ2v) is 5.13. The van der Waals surface area contributed by atoms with E-state index in [4.69, 9.17) is 9.47 Å². The van der Waals surface area contributed by atoms with Crippen LogP contribution in [0, 0.1) is 0 Å². The lowest BCUT2D eigenvalue weighted by molar-refractivity contribution is -0.0798. The first kappa shape index (κ1) is 13.4. The number of ether oxygens (including phenoxy) is 2. The van der Waals surface area contributed by atoms with E-state index in [1.165, 1.54) is 0 Å². The molecular weight excluding hydrogens is 223 g/mol. The van der Waals surface area contributed by atoms with Gasteiger partial charge in [-0.1, -0.05) is 30.3 Å². The second-order valence-electron chi connectivity index (χ2n) is 3.37. The molecule has 4 heteroatoms. The van der Waals surface area contributed by atoms with E-state index in [0.717, 1.165) is 5.56 Å². The molecule has 0 aliphatic carbocycles. The molecule has 0 aromatic heterocycles. The molecule has 90 valence electrons. The van der Waals surface area contributed by atoms with E-state index in [2.05, 4.69) is 0 Å². The third kappa shape index (κ3) is 4.48. The fourth-order valence-electron chi connectivity index (χ4n) is 1.42. The van der Waals surface area contributed by atoms with Crippen LogP contribution < -0.4 is 0 Å². The minimum atomic E-state index is -1.90. The Morgan fingerprint density at radius 3 is 2.19 bits per heavy atom. The highest BCUT2D eigenvalue weighted by atomic mass is 31.1. The van der Waals surface area contributed by atoms with Crippen LogP contribution in [0.4, 0.5) is 0 Å². The summed E-state index contributed by atoms with van der Waals surface area (Å²) in [6, 6.07) is 9.24. The second kappa shape index (κ2) is 7.61. The molecule has 1 rings (SSSR count). The Bertz CT molecular complexity index is 307. The first-order chi connectivity index (χ1) is 7.77. The van der Waals surface area contributed by atoms with E-state index in [-0.39, 0.29) is 0 Å². The van der Waals surface area contributed by atoms with Gasteiger partial charge < -0.3 is 14.0 Å². The van der Waals surface area contributed by atoms with Crippen molar-refractivity contribution in [1.29, 1.82) is 0 Å². The molecule has 0 saturated heterocycles. The number of hydrogen-bond acceptors (Lipinski definition) is 3. The molecule has 0 amide bonds. The molecule has 0 spiro atoms. The van der Waals surface area contributed by atoms with Crippen LogP contribution in [0.1, 0.15) is 19.4 Å². The lowest BCUT2D eigenvalue weighted by Gasteiger charge is -2.16. The van der Waals surface area contributed by atoms with E-state index < -0.39 is 13.8 Å². The molecule has 1 aromatic rings. The summed E-state index contributed by atoms with van der Waals surface area (Å²) in [6.07, 6.45) is 0.538. The minimum Gasteiger partial charge on any atom is -0.347 e. The van der Waals surface area contributed by atoms with Crippen LogP contribution in [0.2, 0.25) is 0 Å². The van der Waals surface area contributed by atoms with Crippen molar-refractivity contribution < 1.29 is 14.0 Å². The summed E-state index contributed by atoms with van der Waals surface area (Å²) in [5, 5.41) is 0. The predicted molar refractivity (Wildman–Crippen MR) is 66.2 cm³/mol. The Kier molecular flexibility index (Phi) is 6.39. The Morgan fingerprint density at radius 1 is 1.12 bits per heavy atom. The highest BCUT2D eigenvalue weighted by Gasteiger charge is 2.16. The highest BCUT2D eigenvalue weighted by molar-refractivity contribution is 7.44. The van der Waals surface area contributed by atoms with Gasteiger partial charge in [0.25, 0.3) is 0 Å². The Hall–Kier alpha value is -0.630. The lowest BCUT2D eigenvalue weighted by Crippen LogP contribution is -2.13. The molecule has 0 radical (unpaired) electrons. The molecule has 1 unspecified atom stereocenters. The molecule has 16 heavy (non-hydrogen) atoms. The first-order valence-corrected chi connectivity index (χ1v) is 7.27. The van der Waals surface area contributed by atoms with Crippen molar-refractivity contribution in [1.82, 2.24) is 0 Å². The van der Waals surface area contributed by atoms with Crippen molar-refractivity contribution in [3.63, 3.8) is 0 Å². The van der Waals surface area contributed by atoms with Gasteiger partial charge in [0.1, 0.15) is 7.80 Å². The maximum Gasteiger partial charge on any atom is 0.208 e. The van der Waals surface area contributed by atoms with E-state index in [1.807, 2.05) is 44.2 Å². The van der Waals surface area contributed by atoms with Crippen LogP contribution in [-0.2, 0) is 20.2 Å². The van der Waals surface area contributed by atoms with Crippen LogP contribution in [0.3, 0.4) is 0 Å². The summed E-state index contributed by atoms with van der Waals surface area (Å²) < 4.78 is 22.7. The molecular formula is C12H19O3P. The molecule has 0 aliphatic heterocycles. The van der Waals surface area contributed by atoms with Gasteiger partial charge in [0.2, 0.25) is 6.03 Å². The number of hydrogen-bond donors (Lipinski definition) is 0. The Balaban J connectivity index is 2.55. The maximum absolute atomic E-state index is 12.0. The van der Waals surface area contributed by atoms with Crippen molar-refractivity contribution in [2.24, 2.45) is 0 Å². The molecule has 0 fully saturated rings. The van der Waals surface area contributed by atoms with Gasteiger partial charge in [-0.3, -0.25) is 0 Å². The zero-order chi connectivity index (χ0) is 11.8. The van der Waals surface area contributed by atoms with Gasteiger partial charge in [0, 0.05) is 19.4 Å². The van der Waals surface area contributed by atoms with E-state index in [1.54, 1.807) is 0 Å². The number of benzene rings is 1. The normalized spacial score (nSPS) is 12.9. The molecule has 0 bridgehead atoms. The third-order valence-electron chi connectivity index (χ3n) is 2.12. The molecule has 0 heterocycles. The number of rotatable bonds is 7. The van der Waals surface area contributed by atoms with Crippen LogP contribution in [0.15, 0.2) is 30.3 Å². The quantitative estimate of drug-likeness (QED) is 0.544. The molecule has 0 N–H and O–H groups in total. The van der Waals surface area contributed by atoms with E-state index in [0.29, 0.717) is 19.4 Å².